The molecule has 44 heavy (non-hydrogen) atoms. The van der Waals surface area contributed by atoms with E-state index in [1.54, 1.807) is 35.2 Å². The first-order chi connectivity index (χ1) is 20.6. The summed E-state index contributed by atoms with van der Waals surface area (Å²) in [4.78, 5) is 39.4. The van der Waals surface area contributed by atoms with Crippen molar-refractivity contribution in [3.8, 4) is 0 Å². The van der Waals surface area contributed by atoms with Crippen LogP contribution in [0, 0.1) is 17.3 Å². The number of carbonyl (C=O) groups is 3. The highest BCUT2D eigenvalue weighted by molar-refractivity contribution is 5.94. The first kappa shape index (κ1) is 30.7. The summed E-state index contributed by atoms with van der Waals surface area (Å²) in [5, 5.41) is 20.6. The van der Waals surface area contributed by atoms with Gasteiger partial charge >= 0.3 is 18.2 Å². The number of carboxylic acid groups (broad SMARTS) is 1. The van der Waals surface area contributed by atoms with Crippen LogP contribution in [-0.4, -0.2) is 81.7 Å². The van der Waals surface area contributed by atoms with E-state index in [0.29, 0.717) is 36.8 Å². The molecule has 2 unspecified atom stereocenters. The highest BCUT2D eigenvalue weighted by atomic mass is 19.4. The second-order valence-electron chi connectivity index (χ2n) is 13.2. The van der Waals surface area contributed by atoms with Crippen molar-refractivity contribution in [2.45, 2.75) is 75.5 Å². The van der Waals surface area contributed by atoms with Crippen molar-refractivity contribution < 1.29 is 46.5 Å². The van der Waals surface area contributed by atoms with Gasteiger partial charge in [0.2, 0.25) is 0 Å². The van der Waals surface area contributed by atoms with Crippen molar-refractivity contribution in [3.05, 3.63) is 58.2 Å². The number of carbonyl (C=O) groups excluding carboxylic acids is 2. The summed E-state index contributed by atoms with van der Waals surface area (Å²) >= 11 is 0. The molecule has 1 aromatic rings. The van der Waals surface area contributed by atoms with E-state index >= 15 is 8.78 Å². The van der Waals surface area contributed by atoms with Gasteiger partial charge in [0.25, 0.3) is 5.91 Å². The second kappa shape index (κ2) is 10.4. The van der Waals surface area contributed by atoms with Gasteiger partial charge in [0.05, 0.1) is 0 Å². The second-order valence-corrected chi connectivity index (χ2v) is 13.2. The maximum absolute atomic E-state index is 15.2. The monoisotopic (exact) mass is 622 g/mol. The van der Waals surface area contributed by atoms with Gasteiger partial charge in [-0.1, -0.05) is 24.6 Å². The molecule has 2 amide bonds. The smallest absolute Gasteiger partial charge is 0.456 e. The van der Waals surface area contributed by atoms with Gasteiger partial charge in [-0.05, 0) is 85.3 Å². The molecule has 0 radical (unpaired) electrons. The van der Waals surface area contributed by atoms with Crippen LogP contribution in [-0.2, 0) is 4.79 Å². The largest absolute Gasteiger partial charge is 0.465 e. The fourth-order valence-corrected chi connectivity index (χ4v) is 8.86. The van der Waals surface area contributed by atoms with Gasteiger partial charge < -0.3 is 20.0 Å². The number of piperazine rings is 1. The zero-order chi connectivity index (χ0) is 31.8. The number of hydrogen-bond acceptors (Lipinski definition) is 4. The Kier molecular flexibility index (Phi) is 7.25. The van der Waals surface area contributed by atoms with Crippen molar-refractivity contribution in [3.63, 3.8) is 0 Å². The SMILES string of the molecule is C[C@]12C[C@H](c3ccc(C(=O)N4CCN(C(=O)O)CC4)cc3)C3=C4CCC(=O)C=C4CCC3C1CC[C@]2(O)C(F)(F)C(F)(F)F. The maximum Gasteiger partial charge on any atom is 0.456 e. The van der Waals surface area contributed by atoms with Crippen molar-refractivity contribution in [2.24, 2.45) is 17.3 Å². The van der Waals surface area contributed by atoms with Gasteiger partial charge in [0.1, 0.15) is 5.60 Å². The molecule has 1 heterocycles. The number of benzene rings is 1. The molecule has 2 saturated carbocycles. The number of allylic oxidation sites excluding steroid dienone is 4. The number of nitrogens with zero attached hydrogens (tertiary/aromatic N) is 2. The summed E-state index contributed by atoms with van der Waals surface area (Å²) in [6.45, 7) is 2.20. The summed E-state index contributed by atoms with van der Waals surface area (Å²) in [7, 11) is 0. The predicted molar refractivity (Wildman–Crippen MR) is 148 cm³/mol. The number of amides is 2. The van der Waals surface area contributed by atoms with Crippen LogP contribution in [0.2, 0.25) is 0 Å². The van der Waals surface area contributed by atoms with Gasteiger partial charge in [-0.3, -0.25) is 9.59 Å². The van der Waals surface area contributed by atoms with E-state index in [9.17, 15) is 37.8 Å². The molecule has 0 aromatic heterocycles. The highest BCUT2D eigenvalue weighted by Gasteiger charge is 2.79. The minimum atomic E-state index is -5.92. The Bertz CT molecular complexity index is 1450. The van der Waals surface area contributed by atoms with Crippen LogP contribution in [0.4, 0.5) is 26.7 Å². The van der Waals surface area contributed by atoms with E-state index in [4.69, 9.17) is 0 Å². The summed E-state index contributed by atoms with van der Waals surface area (Å²) < 4.78 is 71.7. The Balaban J connectivity index is 1.38. The number of hydrogen-bond donors (Lipinski definition) is 2. The lowest BCUT2D eigenvalue weighted by atomic mass is 9.50. The lowest BCUT2D eigenvalue weighted by Crippen LogP contribution is -2.65. The van der Waals surface area contributed by atoms with Crippen LogP contribution < -0.4 is 0 Å². The molecular weight excluding hydrogens is 587 g/mol. The summed E-state index contributed by atoms with van der Waals surface area (Å²) in [5.41, 5.74) is -1.22. The normalized spacial score (nSPS) is 32.6. The average molecular weight is 623 g/mol. The van der Waals surface area contributed by atoms with Crippen molar-refractivity contribution in [1.29, 1.82) is 0 Å². The first-order valence-electron chi connectivity index (χ1n) is 15.1. The summed E-state index contributed by atoms with van der Waals surface area (Å²) in [6.07, 6.45) is -4.35. The Hall–Kier alpha value is -3.28. The van der Waals surface area contributed by atoms with E-state index in [1.807, 2.05) is 0 Å². The number of fused-ring (bicyclic) bond motifs is 4. The molecule has 5 atom stereocenters. The third kappa shape index (κ3) is 4.49. The quantitative estimate of drug-likeness (QED) is 0.406. The third-order valence-electron chi connectivity index (χ3n) is 11.2. The van der Waals surface area contributed by atoms with Crippen molar-refractivity contribution >= 4 is 17.8 Å². The van der Waals surface area contributed by atoms with E-state index in [1.165, 1.54) is 11.8 Å². The maximum atomic E-state index is 15.2. The molecule has 0 bridgehead atoms. The molecule has 238 valence electrons. The van der Waals surface area contributed by atoms with Crippen LogP contribution in [0.3, 0.4) is 0 Å². The molecule has 0 spiro atoms. The molecule has 1 aliphatic heterocycles. The summed E-state index contributed by atoms with van der Waals surface area (Å²) in [5.74, 6) is -7.11. The van der Waals surface area contributed by atoms with Gasteiger partial charge in [0.15, 0.2) is 5.78 Å². The van der Waals surface area contributed by atoms with Crippen LogP contribution in [0.5, 0.6) is 0 Å². The Morgan fingerprint density at radius 3 is 2.18 bits per heavy atom. The molecule has 1 saturated heterocycles. The fraction of sp³-hybridized carbons (Fsp3) is 0.594. The van der Waals surface area contributed by atoms with Gasteiger partial charge in [0, 0.05) is 49.5 Å². The number of ketones is 1. The van der Waals surface area contributed by atoms with Crippen LogP contribution in [0.15, 0.2) is 47.1 Å². The van der Waals surface area contributed by atoms with Gasteiger partial charge in [-0.25, -0.2) is 4.79 Å². The number of halogens is 5. The Labute approximate surface area is 251 Å². The predicted octanol–water partition coefficient (Wildman–Crippen LogP) is 5.95. The molecule has 4 aliphatic carbocycles. The molecule has 5 aliphatic rings. The zero-order valence-electron chi connectivity index (χ0n) is 24.3. The molecule has 6 rings (SSSR count). The molecule has 3 fully saturated rings. The topological polar surface area (TPSA) is 98.2 Å². The van der Waals surface area contributed by atoms with E-state index in [-0.39, 0.29) is 56.6 Å². The Morgan fingerprint density at radius 2 is 1.57 bits per heavy atom. The number of aliphatic hydroxyl groups is 1. The average Bonchev–Trinajstić information content (AvgIpc) is 3.27. The van der Waals surface area contributed by atoms with E-state index in [2.05, 4.69) is 0 Å². The van der Waals surface area contributed by atoms with Crippen LogP contribution in [0.1, 0.15) is 73.7 Å². The lowest BCUT2D eigenvalue weighted by molar-refractivity contribution is -0.362. The number of rotatable bonds is 3. The summed E-state index contributed by atoms with van der Waals surface area (Å²) in [6, 6.07) is 6.60. The Morgan fingerprint density at radius 1 is 0.932 bits per heavy atom. The molecule has 1 aromatic carbocycles. The van der Waals surface area contributed by atoms with Gasteiger partial charge in [-0.2, -0.15) is 22.0 Å². The van der Waals surface area contributed by atoms with Gasteiger partial charge in [-0.15, -0.1) is 0 Å². The van der Waals surface area contributed by atoms with Crippen molar-refractivity contribution in [1.82, 2.24) is 9.80 Å². The van der Waals surface area contributed by atoms with Crippen molar-refractivity contribution in [2.75, 3.05) is 26.2 Å². The van der Waals surface area contributed by atoms with Crippen LogP contribution in [0.25, 0.3) is 0 Å². The molecule has 7 nitrogen and oxygen atoms in total. The molecule has 2 N–H and O–H groups in total. The minimum absolute atomic E-state index is 0.00659. The first-order valence-corrected chi connectivity index (χ1v) is 15.1. The van der Waals surface area contributed by atoms with E-state index < -0.39 is 47.5 Å². The van der Waals surface area contributed by atoms with E-state index in [0.717, 1.165) is 16.7 Å². The number of alkyl halides is 5. The highest BCUT2D eigenvalue weighted by Crippen LogP contribution is 2.70. The lowest BCUT2D eigenvalue weighted by Gasteiger charge is -2.56. The molecule has 12 heteroatoms. The third-order valence-corrected chi connectivity index (χ3v) is 11.2. The standard InChI is InChI=1S/C32H35F5N2O5/c1-29-17-24(18-2-4-19(5-3-18)27(41)38-12-14-39(15-13-38)28(42)43)26-22-9-7-21(40)16-20(22)6-8-23(26)25(29)10-11-30(29,44)31(33,34)32(35,36)37/h2-5,16,23-25,44H,6-15,17H2,1H3,(H,42,43)/t23?,24-,25?,29+,30-/m1/s1. The van der Waals surface area contributed by atoms with Crippen LogP contribution >= 0.6 is 0 Å². The zero-order valence-corrected chi connectivity index (χ0v) is 24.3. The minimum Gasteiger partial charge on any atom is -0.465 e. The fourth-order valence-electron chi connectivity index (χ4n) is 8.86. The molecular formula is C32H35F5N2O5.